The van der Waals surface area contributed by atoms with Crippen molar-refractivity contribution < 1.29 is 18.8 Å². The minimum Gasteiger partial charge on any atom is -0.349 e. The fourth-order valence-electron chi connectivity index (χ4n) is 2.61. The molecule has 6 heteroatoms. The zero-order chi connectivity index (χ0) is 16.8. The molecule has 1 fully saturated rings. The minimum absolute atomic E-state index is 0.00981. The Bertz CT molecular complexity index is 595. The van der Waals surface area contributed by atoms with Crippen LogP contribution < -0.4 is 5.32 Å². The van der Waals surface area contributed by atoms with Crippen LogP contribution in [0.3, 0.4) is 0 Å². The van der Waals surface area contributed by atoms with Gasteiger partial charge in [0, 0.05) is 37.5 Å². The summed E-state index contributed by atoms with van der Waals surface area (Å²) in [6, 6.07) is 5.54. The first-order valence-corrected chi connectivity index (χ1v) is 7.79. The summed E-state index contributed by atoms with van der Waals surface area (Å²) in [6.45, 7) is 2.59. The molecule has 0 bridgehead atoms. The van der Waals surface area contributed by atoms with Gasteiger partial charge in [0.2, 0.25) is 5.91 Å². The van der Waals surface area contributed by atoms with Crippen LogP contribution in [0, 0.1) is 5.82 Å². The van der Waals surface area contributed by atoms with Crippen molar-refractivity contribution in [2.24, 2.45) is 0 Å². The summed E-state index contributed by atoms with van der Waals surface area (Å²) in [7, 11) is 0. The number of nitrogens with zero attached hydrogens (tertiary/aromatic N) is 1. The topological polar surface area (TPSA) is 66.5 Å². The van der Waals surface area contributed by atoms with Gasteiger partial charge in [-0.1, -0.05) is 6.07 Å². The molecule has 2 amide bonds. The lowest BCUT2D eigenvalue weighted by molar-refractivity contribution is -0.133. The molecular weight excluding hydrogens is 299 g/mol. The molecule has 0 saturated carbocycles. The van der Waals surface area contributed by atoms with Gasteiger partial charge in [0.05, 0.1) is 0 Å². The number of ketones is 1. The molecule has 5 nitrogen and oxygen atoms in total. The van der Waals surface area contributed by atoms with E-state index in [0.717, 1.165) is 0 Å². The third-order valence-electron chi connectivity index (χ3n) is 3.96. The first-order chi connectivity index (χ1) is 11.0. The molecule has 1 aliphatic rings. The van der Waals surface area contributed by atoms with E-state index in [9.17, 15) is 18.8 Å². The van der Waals surface area contributed by atoms with E-state index in [0.29, 0.717) is 31.5 Å². The predicted octanol–water partition coefficient (Wildman–Crippen LogP) is 1.92. The highest BCUT2D eigenvalue weighted by atomic mass is 19.1. The van der Waals surface area contributed by atoms with E-state index >= 15 is 0 Å². The zero-order valence-corrected chi connectivity index (χ0v) is 13.2. The van der Waals surface area contributed by atoms with Crippen LogP contribution in [0.5, 0.6) is 0 Å². The van der Waals surface area contributed by atoms with Crippen LogP contribution in [-0.2, 0) is 9.59 Å². The second-order valence-electron chi connectivity index (χ2n) is 5.84. The number of nitrogens with one attached hydrogen (secondary N) is 1. The number of Topliss-reactive ketones (excluding diaryl/α,β-unsaturated/α-hetero) is 1. The lowest BCUT2D eigenvalue weighted by atomic mass is 10.0. The molecule has 1 heterocycles. The SMILES string of the molecule is CC(=O)CCC(=O)N1CCC(NC(=O)c2cccc(F)c2)CC1. The van der Waals surface area contributed by atoms with Crippen LogP contribution >= 0.6 is 0 Å². The van der Waals surface area contributed by atoms with Gasteiger partial charge >= 0.3 is 0 Å². The summed E-state index contributed by atoms with van der Waals surface area (Å²) < 4.78 is 13.1. The quantitative estimate of drug-likeness (QED) is 0.901. The van der Waals surface area contributed by atoms with Crippen LogP contribution in [0.4, 0.5) is 4.39 Å². The number of halogens is 1. The van der Waals surface area contributed by atoms with Gasteiger partial charge in [-0.2, -0.15) is 0 Å². The Labute approximate surface area is 134 Å². The number of benzene rings is 1. The highest BCUT2D eigenvalue weighted by Gasteiger charge is 2.24. The average molecular weight is 320 g/mol. The lowest BCUT2D eigenvalue weighted by Crippen LogP contribution is -2.46. The van der Waals surface area contributed by atoms with Gasteiger partial charge in [0.25, 0.3) is 5.91 Å². The van der Waals surface area contributed by atoms with Crippen molar-refractivity contribution in [3.63, 3.8) is 0 Å². The van der Waals surface area contributed by atoms with Crippen LogP contribution in [-0.4, -0.2) is 41.6 Å². The Balaban J connectivity index is 1.79. The number of hydrogen-bond acceptors (Lipinski definition) is 3. The van der Waals surface area contributed by atoms with Crippen molar-refractivity contribution in [1.29, 1.82) is 0 Å². The fourth-order valence-corrected chi connectivity index (χ4v) is 2.61. The van der Waals surface area contributed by atoms with E-state index in [4.69, 9.17) is 0 Å². The monoisotopic (exact) mass is 320 g/mol. The van der Waals surface area contributed by atoms with Gasteiger partial charge in [-0.3, -0.25) is 9.59 Å². The maximum absolute atomic E-state index is 13.1. The Morgan fingerprint density at radius 2 is 1.91 bits per heavy atom. The van der Waals surface area contributed by atoms with Crippen molar-refractivity contribution in [2.75, 3.05) is 13.1 Å². The second-order valence-corrected chi connectivity index (χ2v) is 5.84. The van der Waals surface area contributed by atoms with Crippen molar-refractivity contribution >= 4 is 17.6 Å². The van der Waals surface area contributed by atoms with E-state index in [1.165, 1.54) is 25.1 Å². The molecule has 1 aromatic carbocycles. The number of likely N-dealkylation sites (tertiary alicyclic amines) is 1. The number of piperidine rings is 1. The van der Waals surface area contributed by atoms with E-state index in [2.05, 4.69) is 5.32 Å². The van der Waals surface area contributed by atoms with Crippen molar-refractivity contribution in [2.45, 2.75) is 38.6 Å². The Hall–Kier alpha value is -2.24. The largest absolute Gasteiger partial charge is 0.349 e. The van der Waals surface area contributed by atoms with Gasteiger partial charge in [0.1, 0.15) is 11.6 Å². The van der Waals surface area contributed by atoms with Crippen molar-refractivity contribution in [3.05, 3.63) is 35.6 Å². The van der Waals surface area contributed by atoms with Crippen molar-refractivity contribution in [1.82, 2.24) is 10.2 Å². The third-order valence-corrected chi connectivity index (χ3v) is 3.96. The summed E-state index contributed by atoms with van der Waals surface area (Å²) >= 11 is 0. The number of hydrogen-bond donors (Lipinski definition) is 1. The number of rotatable bonds is 5. The van der Waals surface area contributed by atoms with Gasteiger partial charge < -0.3 is 15.0 Å². The first kappa shape index (κ1) is 17.1. The number of amides is 2. The maximum atomic E-state index is 13.1. The smallest absolute Gasteiger partial charge is 0.251 e. The van der Waals surface area contributed by atoms with Crippen LogP contribution in [0.1, 0.15) is 43.0 Å². The number of carbonyl (C=O) groups excluding carboxylic acids is 3. The molecule has 0 aromatic heterocycles. The summed E-state index contributed by atoms with van der Waals surface area (Å²) in [4.78, 5) is 36.6. The summed E-state index contributed by atoms with van der Waals surface area (Å²) in [5, 5.41) is 2.87. The molecule has 1 aromatic rings. The summed E-state index contributed by atoms with van der Waals surface area (Å²) in [6.07, 6.45) is 1.84. The molecular formula is C17H21FN2O3. The van der Waals surface area contributed by atoms with Gasteiger partial charge in [0.15, 0.2) is 0 Å². The van der Waals surface area contributed by atoms with Crippen LogP contribution in [0.25, 0.3) is 0 Å². The summed E-state index contributed by atoms with van der Waals surface area (Å²) in [5.74, 6) is -0.750. The lowest BCUT2D eigenvalue weighted by Gasteiger charge is -2.32. The molecule has 124 valence electrons. The Kier molecular flexibility index (Phi) is 5.84. The molecule has 23 heavy (non-hydrogen) atoms. The normalized spacial score (nSPS) is 15.3. The average Bonchev–Trinajstić information content (AvgIpc) is 2.53. The molecule has 2 rings (SSSR count). The molecule has 0 radical (unpaired) electrons. The summed E-state index contributed by atoms with van der Waals surface area (Å²) in [5.41, 5.74) is 0.296. The van der Waals surface area contributed by atoms with E-state index < -0.39 is 5.82 Å². The van der Waals surface area contributed by atoms with E-state index in [1.54, 1.807) is 11.0 Å². The van der Waals surface area contributed by atoms with E-state index in [-0.39, 0.29) is 36.5 Å². The zero-order valence-electron chi connectivity index (χ0n) is 13.2. The molecule has 1 N–H and O–H groups in total. The van der Waals surface area contributed by atoms with Gasteiger partial charge in [-0.15, -0.1) is 0 Å². The van der Waals surface area contributed by atoms with Crippen LogP contribution in [0.2, 0.25) is 0 Å². The second kappa shape index (κ2) is 7.85. The van der Waals surface area contributed by atoms with Gasteiger partial charge in [-0.25, -0.2) is 4.39 Å². The van der Waals surface area contributed by atoms with Gasteiger partial charge in [-0.05, 0) is 38.0 Å². The van der Waals surface area contributed by atoms with E-state index in [1.807, 2.05) is 0 Å². The Morgan fingerprint density at radius 1 is 1.22 bits per heavy atom. The van der Waals surface area contributed by atoms with Crippen LogP contribution in [0.15, 0.2) is 24.3 Å². The fraction of sp³-hybridized carbons (Fsp3) is 0.471. The predicted molar refractivity (Wildman–Crippen MR) is 83.4 cm³/mol. The highest BCUT2D eigenvalue weighted by molar-refractivity contribution is 5.94. The molecule has 0 spiro atoms. The molecule has 0 unspecified atom stereocenters. The number of carbonyl (C=O) groups is 3. The minimum atomic E-state index is -0.441. The maximum Gasteiger partial charge on any atom is 0.251 e. The third kappa shape index (κ3) is 5.16. The molecule has 0 atom stereocenters. The standard InChI is InChI=1S/C17H21FN2O3/c1-12(21)5-6-16(22)20-9-7-15(8-10-20)19-17(23)13-3-2-4-14(18)11-13/h2-4,11,15H,5-10H2,1H3,(H,19,23). The highest BCUT2D eigenvalue weighted by Crippen LogP contribution is 2.13. The van der Waals surface area contributed by atoms with Crippen molar-refractivity contribution in [3.8, 4) is 0 Å². The molecule has 1 saturated heterocycles. The first-order valence-electron chi connectivity index (χ1n) is 7.79. The molecule has 1 aliphatic heterocycles. The molecule has 0 aliphatic carbocycles. The Morgan fingerprint density at radius 3 is 2.52 bits per heavy atom.